The Morgan fingerprint density at radius 3 is 2.70 bits per heavy atom. The van der Waals surface area contributed by atoms with Crippen LogP contribution in [0.2, 0.25) is 0 Å². The predicted molar refractivity (Wildman–Crippen MR) is 76.8 cm³/mol. The minimum atomic E-state index is -3.40. The molecule has 2 aliphatic rings. The van der Waals surface area contributed by atoms with Gasteiger partial charge in [-0.1, -0.05) is 24.3 Å². The average Bonchev–Trinajstić information content (AvgIpc) is 3.14. The summed E-state index contributed by atoms with van der Waals surface area (Å²) in [6.07, 6.45) is 1.97. The van der Waals surface area contributed by atoms with Crippen molar-refractivity contribution in [1.82, 2.24) is 4.72 Å². The van der Waals surface area contributed by atoms with E-state index < -0.39 is 14.8 Å². The van der Waals surface area contributed by atoms with Crippen molar-refractivity contribution in [3.63, 3.8) is 0 Å². The number of methoxy groups -OCH3 is 1. The monoisotopic (exact) mass is 296 g/mol. The number of hydrogen-bond donors (Lipinski definition) is 2. The Hall–Kier alpha value is -0.950. The van der Waals surface area contributed by atoms with Gasteiger partial charge in [0.2, 0.25) is 10.0 Å². The van der Waals surface area contributed by atoms with Gasteiger partial charge in [-0.3, -0.25) is 0 Å². The molecule has 0 bridgehead atoms. The predicted octanol–water partition coefficient (Wildman–Crippen LogP) is 0.710. The first-order valence-electron chi connectivity index (χ1n) is 6.83. The molecule has 2 atom stereocenters. The highest BCUT2D eigenvalue weighted by molar-refractivity contribution is 7.91. The summed E-state index contributed by atoms with van der Waals surface area (Å²) in [4.78, 5) is 0. The van der Waals surface area contributed by atoms with Crippen LogP contribution < -0.4 is 10.5 Å². The summed E-state index contributed by atoms with van der Waals surface area (Å²) in [5, 5.41) is 0. The third kappa shape index (κ3) is 2.16. The number of ether oxygens (including phenoxy) is 1. The number of hydrogen-bond acceptors (Lipinski definition) is 4. The molecule has 0 heterocycles. The molecule has 0 saturated heterocycles. The van der Waals surface area contributed by atoms with Crippen molar-refractivity contribution in [2.75, 3.05) is 13.7 Å². The van der Waals surface area contributed by atoms with Crippen LogP contribution in [0.15, 0.2) is 24.3 Å². The molecule has 3 rings (SSSR count). The van der Waals surface area contributed by atoms with Crippen LogP contribution in [-0.4, -0.2) is 32.9 Å². The van der Waals surface area contributed by atoms with Gasteiger partial charge in [0.05, 0.1) is 6.61 Å². The van der Waals surface area contributed by atoms with Gasteiger partial charge in [-0.25, -0.2) is 13.1 Å². The molecule has 0 spiro atoms. The second-order valence-corrected chi connectivity index (χ2v) is 7.88. The molecule has 1 aromatic carbocycles. The second-order valence-electron chi connectivity index (χ2n) is 5.77. The quantitative estimate of drug-likeness (QED) is 0.838. The molecule has 2 aliphatic carbocycles. The molecule has 1 fully saturated rings. The largest absolute Gasteiger partial charge is 0.383 e. The van der Waals surface area contributed by atoms with E-state index in [9.17, 15) is 8.42 Å². The van der Waals surface area contributed by atoms with E-state index in [4.69, 9.17) is 10.5 Å². The number of nitrogens with two attached hydrogens (primary N) is 1. The summed E-state index contributed by atoms with van der Waals surface area (Å²) in [5.41, 5.74) is 8.34. The maximum atomic E-state index is 12.5. The Bertz CT molecular complexity index is 611. The number of nitrogens with one attached hydrogen (secondary N) is 1. The number of sulfonamides is 1. The molecule has 1 aromatic rings. The third-order valence-electron chi connectivity index (χ3n) is 4.38. The molecule has 0 aliphatic heterocycles. The first-order chi connectivity index (χ1) is 9.49. The summed E-state index contributed by atoms with van der Waals surface area (Å²) in [6.45, 7) is 0.247. The van der Waals surface area contributed by atoms with E-state index in [0.29, 0.717) is 19.3 Å². The van der Waals surface area contributed by atoms with Crippen molar-refractivity contribution in [2.45, 2.75) is 36.1 Å². The molecule has 0 aromatic heterocycles. The molecule has 110 valence electrons. The topological polar surface area (TPSA) is 81.4 Å². The summed E-state index contributed by atoms with van der Waals surface area (Å²) in [5.74, 6) is 0. The van der Waals surface area contributed by atoms with Crippen LogP contribution in [0, 0.1) is 0 Å². The van der Waals surface area contributed by atoms with Gasteiger partial charge in [-0.15, -0.1) is 0 Å². The first-order valence-corrected chi connectivity index (χ1v) is 8.32. The molecule has 0 unspecified atom stereocenters. The van der Waals surface area contributed by atoms with Crippen LogP contribution in [-0.2, 0) is 21.2 Å². The van der Waals surface area contributed by atoms with E-state index in [2.05, 4.69) is 4.72 Å². The van der Waals surface area contributed by atoms with Crippen LogP contribution in [0.25, 0.3) is 0 Å². The zero-order valence-electron chi connectivity index (χ0n) is 11.5. The fourth-order valence-corrected chi connectivity index (χ4v) is 4.75. The van der Waals surface area contributed by atoms with Crippen molar-refractivity contribution in [3.05, 3.63) is 35.4 Å². The van der Waals surface area contributed by atoms with Crippen molar-refractivity contribution in [1.29, 1.82) is 0 Å². The standard InChI is InChI=1S/C14H20N2O3S/c1-19-9-14(6-7-14)20(17,18)16-12-8-10-4-2-3-5-11(10)13(12)15/h2-5,12-13,16H,6-9,15H2,1H3/t12-,13-/m1/s1. The van der Waals surface area contributed by atoms with Gasteiger partial charge in [0.15, 0.2) is 0 Å². The first kappa shape index (κ1) is 14.0. The summed E-state index contributed by atoms with van der Waals surface area (Å²) in [7, 11) is -1.87. The van der Waals surface area contributed by atoms with Crippen LogP contribution in [0.4, 0.5) is 0 Å². The highest BCUT2D eigenvalue weighted by Gasteiger charge is 2.55. The molecule has 5 nitrogen and oxygen atoms in total. The maximum absolute atomic E-state index is 12.5. The van der Waals surface area contributed by atoms with Crippen molar-refractivity contribution in [2.24, 2.45) is 5.73 Å². The second kappa shape index (κ2) is 4.80. The van der Waals surface area contributed by atoms with Crippen molar-refractivity contribution < 1.29 is 13.2 Å². The minimum Gasteiger partial charge on any atom is -0.383 e. The Morgan fingerprint density at radius 2 is 2.10 bits per heavy atom. The molecule has 20 heavy (non-hydrogen) atoms. The smallest absolute Gasteiger partial charge is 0.219 e. The number of benzene rings is 1. The van der Waals surface area contributed by atoms with Gasteiger partial charge < -0.3 is 10.5 Å². The Balaban J connectivity index is 1.77. The van der Waals surface area contributed by atoms with Gasteiger partial charge in [0, 0.05) is 19.2 Å². The van der Waals surface area contributed by atoms with Crippen LogP contribution in [0.5, 0.6) is 0 Å². The maximum Gasteiger partial charge on any atom is 0.219 e. The van der Waals surface area contributed by atoms with Gasteiger partial charge >= 0.3 is 0 Å². The number of fused-ring (bicyclic) bond motifs is 1. The SMILES string of the molecule is COCC1(S(=O)(=O)N[C@@H]2Cc3ccccc3[C@H]2N)CC1. The van der Waals surface area contributed by atoms with E-state index in [1.807, 2.05) is 24.3 Å². The fourth-order valence-electron chi connectivity index (χ4n) is 2.96. The molecule has 1 saturated carbocycles. The van der Waals surface area contributed by atoms with E-state index >= 15 is 0 Å². The lowest BCUT2D eigenvalue weighted by atomic mass is 10.1. The van der Waals surface area contributed by atoms with E-state index in [-0.39, 0.29) is 18.7 Å². The zero-order valence-corrected chi connectivity index (χ0v) is 12.3. The van der Waals surface area contributed by atoms with Gasteiger partial charge in [0.25, 0.3) is 0 Å². The average molecular weight is 296 g/mol. The van der Waals surface area contributed by atoms with E-state index in [1.165, 1.54) is 7.11 Å². The lowest BCUT2D eigenvalue weighted by Crippen LogP contribution is -2.47. The van der Waals surface area contributed by atoms with Crippen molar-refractivity contribution in [3.8, 4) is 0 Å². The summed E-state index contributed by atoms with van der Waals surface area (Å²) < 4.78 is 32.1. The molecule has 0 radical (unpaired) electrons. The van der Waals surface area contributed by atoms with Gasteiger partial charge in [-0.2, -0.15) is 0 Å². The Kier molecular flexibility index (Phi) is 3.36. The van der Waals surface area contributed by atoms with Crippen LogP contribution in [0.3, 0.4) is 0 Å². The van der Waals surface area contributed by atoms with Crippen LogP contribution in [0.1, 0.15) is 30.0 Å². The van der Waals surface area contributed by atoms with Crippen molar-refractivity contribution >= 4 is 10.0 Å². The fraction of sp³-hybridized carbons (Fsp3) is 0.571. The molecule has 6 heteroatoms. The summed E-state index contributed by atoms with van der Waals surface area (Å²) >= 11 is 0. The Labute approximate surface area is 119 Å². The molecule has 0 amide bonds. The minimum absolute atomic E-state index is 0.247. The molecular weight excluding hydrogens is 276 g/mol. The normalized spacial score (nSPS) is 27.3. The highest BCUT2D eigenvalue weighted by atomic mass is 32.2. The Morgan fingerprint density at radius 1 is 1.40 bits per heavy atom. The molecule has 3 N–H and O–H groups in total. The van der Waals surface area contributed by atoms with E-state index in [1.54, 1.807) is 0 Å². The van der Waals surface area contributed by atoms with Crippen LogP contribution >= 0.6 is 0 Å². The molecular formula is C14H20N2O3S. The van der Waals surface area contributed by atoms with Gasteiger partial charge in [0.1, 0.15) is 4.75 Å². The zero-order chi connectivity index (χ0) is 14.4. The third-order valence-corrected chi connectivity index (χ3v) is 6.66. The lowest BCUT2D eigenvalue weighted by molar-refractivity contribution is 0.191. The highest BCUT2D eigenvalue weighted by Crippen LogP contribution is 2.44. The van der Waals surface area contributed by atoms with Gasteiger partial charge in [-0.05, 0) is 30.4 Å². The summed E-state index contributed by atoms with van der Waals surface area (Å²) in [6, 6.07) is 7.33. The number of rotatable bonds is 5. The van der Waals surface area contributed by atoms with E-state index in [0.717, 1.165) is 11.1 Å². The lowest BCUT2D eigenvalue weighted by Gasteiger charge is -2.22.